The van der Waals surface area contributed by atoms with E-state index in [0.717, 1.165) is 0 Å². The van der Waals surface area contributed by atoms with Crippen LogP contribution in [0.1, 0.15) is 13.3 Å². The second-order valence-electron chi connectivity index (χ2n) is 2.00. The normalized spacial score (nSPS) is 11.0. The Bertz CT molecular complexity index is 224. The van der Waals surface area contributed by atoms with Gasteiger partial charge in [0.25, 0.3) is 5.91 Å². The summed E-state index contributed by atoms with van der Waals surface area (Å²) in [5, 5.41) is 0. The second kappa shape index (κ2) is 4.34. The topological polar surface area (TPSA) is 86.2 Å². The minimum absolute atomic E-state index is 0.496. The molecule has 60 valence electrons. The molecule has 4 nitrogen and oxygen atoms in total. The number of nitrogens with two attached hydrogens (primary N) is 2. The van der Waals surface area contributed by atoms with Crippen LogP contribution in [0.4, 0.5) is 0 Å². The molecule has 0 saturated carbocycles. The van der Waals surface area contributed by atoms with Gasteiger partial charge in [-0.2, -0.15) is 0 Å². The van der Waals surface area contributed by atoms with Crippen molar-refractivity contribution in [2.75, 3.05) is 0 Å². The molecule has 0 aliphatic rings. The predicted octanol–water partition coefficient (Wildman–Crippen LogP) is -1.01. The maximum absolute atomic E-state index is 10.5. The molecule has 11 heavy (non-hydrogen) atoms. The lowest BCUT2D eigenvalue weighted by Crippen LogP contribution is -2.21. The molecule has 0 spiro atoms. The maximum atomic E-state index is 10.5. The van der Waals surface area contributed by atoms with E-state index in [1.54, 1.807) is 6.92 Å². The van der Waals surface area contributed by atoms with Crippen molar-refractivity contribution in [3.63, 3.8) is 0 Å². The summed E-state index contributed by atoms with van der Waals surface area (Å²) in [5.74, 6) is 2.60. The van der Waals surface area contributed by atoms with E-state index in [2.05, 4.69) is 11.8 Å². The summed E-state index contributed by atoms with van der Waals surface area (Å²) >= 11 is 0. The van der Waals surface area contributed by atoms with E-state index >= 15 is 0 Å². The monoisotopic (exact) mass is 154 g/mol. The minimum atomic E-state index is -0.746. The summed E-state index contributed by atoms with van der Waals surface area (Å²) in [6, 6.07) is 0. The van der Waals surface area contributed by atoms with Gasteiger partial charge in [-0.3, -0.25) is 9.59 Å². The second-order valence-corrected chi connectivity index (χ2v) is 2.00. The Morgan fingerprint density at radius 2 is 2.00 bits per heavy atom. The standard InChI is InChI=1S/C7H10N2O2/c1-2-5(7(9)11)3-4-6(8)10/h5H,2H2,1H3,(H2,8,10)(H2,9,11). The Hall–Kier alpha value is -1.50. The Balaban J connectivity index is 4.22. The summed E-state index contributed by atoms with van der Waals surface area (Å²) in [5.41, 5.74) is 9.67. The van der Waals surface area contributed by atoms with Crippen LogP contribution in [0, 0.1) is 17.8 Å². The van der Waals surface area contributed by atoms with Gasteiger partial charge in [0.1, 0.15) is 0 Å². The Kier molecular flexibility index (Phi) is 3.75. The predicted molar refractivity (Wildman–Crippen MR) is 39.9 cm³/mol. The highest BCUT2D eigenvalue weighted by molar-refractivity contribution is 5.93. The van der Waals surface area contributed by atoms with E-state index in [4.69, 9.17) is 11.5 Å². The largest absolute Gasteiger partial charge is 0.369 e. The van der Waals surface area contributed by atoms with Crippen LogP contribution >= 0.6 is 0 Å². The lowest BCUT2D eigenvalue weighted by Gasteiger charge is -1.98. The molecular weight excluding hydrogens is 144 g/mol. The number of rotatable bonds is 2. The Morgan fingerprint density at radius 3 is 2.27 bits per heavy atom. The molecule has 0 radical (unpaired) electrons. The van der Waals surface area contributed by atoms with Crippen LogP contribution in [0.2, 0.25) is 0 Å². The molecule has 0 heterocycles. The van der Waals surface area contributed by atoms with Crippen LogP contribution in [0.5, 0.6) is 0 Å². The third-order valence-corrected chi connectivity index (χ3v) is 1.12. The Labute approximate surface area is 64.9 Å². The van der Waals surface area contributed by atoms with Crippen molar-refractivity contribution in [2.45, 2.75) is 13.3 Å². The lowest BCUT2D eigenvalue weighted by molar-refractivity contribution is -0.120. The SMILES string of the molecule is CCC(C#CC(N)=O)C(N)=O. The minimum Gasteiger partial charge on any atom is -0.369 e. The maximum Gasteiger partial charge on any atom is 0.293 e. The third-order valence-electron chi connectivity index (χ3n) is 1.12. The Morgan fingerprint density at radius 1 is 1.45 bits per heavy atom. The fourth-order valence-electron chi connectivity index (χ4n) is 0.533. The van der Waals surface area contributed by atoms with Crippen molar-refractivity contribution in [2.24, 2.45) is 17.4 Å². The average Bonchev–Trinajstić information content (AvgIpc) is 1.87. The van der Waals surface area contributed by atoms with E-state index in [1.807, 2.05) is 0 Å². The number of carbonyl (C=O) groups excluding carboxylic acids is 2. The van der Waals surface area contributed by atoms with Gasteiger partial charge < -0.3 is 11.5 Å². The molecule has 0 aromatic rings. The first-order valence-electron chi connectivity index (χ1n) is 3.18. The van der Waals surface area contributed by atoms with Gasteiger partial charge in [0.05, 0.1) is 5.92 Å². The lowest BCUT2D eigenvalue weighted by atomic mass is 10.1. The molecule has 1 atom stereocenters. The fourth-order valence-corrected chi connectivity index (χ4v) is 0.533. The van der Waals surface area contributed by atoms with Crippen LogP contribution in [-0.4, -0.2) is 11.8 Å². The molecule has 1 unspecified atom stereocenters. The van der Waals surface area contributed by atoms with Crippen molar-refractivity contribution in [3.05, 3.63) is 0 Å². The van der Waals surface area contributed by atoms with Gasteiger partial charge in [0, 0.05) is 0 Å². The highest BCUT2D eigenvalue weighted by atomic mass is 16.1. The zero-order valence-electron chi connectivity index (χ0n) is 6.26. The van der Waals surface area contributed by atoms with Crippen molar-refractivity contribution >= 4 is 11.8 Å². The molecule has 0 aromatic carbocycles. The molecule has 0 aliphatic heterocycles. The van der Waals surface area contributed by atoms with Crippen molar-refractivity contribution in [3.8, 4) is 11.8 Å². The van der Waals surface area contributed by atoms with Crippen LogP contribution in [-0.2, 0) is 9.59 Å². The van der Waals surface area contributed by atoms with Gasteiger partial charge >= 0.3 is 0 Å². The average molecular weight is 154 g/mol. The zero-order chi connectivity index (χ0) is 8.85. The van der Waals surface area contributed by atoms with Gasteiger partial charge in [-0.05, 0) is 12.3 Å². The molecule has 2 amide bonds. The summed E-state index contributed by atoms with van der Waals surface area (Å²) < 4.78 is 0. The first-order valence-corrected chi connectivity index (χ1v) is 3.18. The van der Waals surface area contributed by atoms with Crippen molar-refractivity contribution in [1.29, 1.82) is 0 Å². The summed E-state index contributed by atoms with van der Waals surface area (Å²) in [4.78, 5) is 20.6. The van der Waals surface area contributed by atoms with Gasteiger partial charge in [-0.15, -0.1) is 0 Å². The summed E-state index contributed by atoms with van der Waals surface area (Å²) in [6.07, 6.45) is 0.496. The highest BCUT2D eigenvalue weighted by Gasteiger charge is 2.07. The van der Waals surface area contributed by atoms with E-state index in [1.165, 1.54) is 0 Å². The van der Waals surface area contributed by atoms with E-state index in [0.29, 0.717) is 6.42 Å². The van der Waals surface area contributed by atoms with E-state index in [9.17, 15) is 9.59 Å². The molecule has 4 N–H and O–H groups in total. The van der Waals surface area contributed by atoms with Gasteiger partial charge in [-0.1, -0.05) is 12.8 Å². The number of hydrogen-bond donors (Lipinski definition) is 2. The number of hydrogen-bond acceptors (Lipinski definition) is 2. The summed E-state index contributed by atoms with van der Waals surface area (Å²) in [7, 11) is 0. The first-order chi connectivity index (χ1) is 5.07. The smallest absolute Gasteiger partial charge is 0.293 e. The van der Waals surface area contributed by atoms with Crippen molar-refractivity contribution in [1.82, 2.24) is 0 Å². The third kappa shape index (κ3) is 3.98. The first kappa shape index (κ1) is 9.50. The molecule has 0 aromatic heterocycles. The van der Waals surface area contributed by atoms with Gasteiger partial charge in [0.15, 0.2) is 0 Å². The number of carbonyl (C=O) groups is 2. The molecular formula is C7H10N2O2. The summed E-state index contributed by atoms with van der Waals surface area (Å²) in [6.45, 7) is 1.76. The van der Waals surface area contributed by atoms with Gasteiger partial charge in [0.2, 0.25) is 5.91 Å². The molecule has 0 saturated heterocycles. The molecule has 4 heteroatoms. The molecule has 0 rings (SSSR count). The highest BCUT2D eigenvalue weighted by Crippen LogP contribution is 1.97. The molecule has 0 aliphatic carbocycles. The van der Waals surface area contributed by atoms with Crippen LogP contribution in [0.3, 0.4) is 0 Å². The van der Waals surface area contributed by atoms with Crippen LogP contribution in [0.15, 0.2) is 0 Å². The van der Waals surface area contributed by atoms with Crippen LogP contribution < -0.4 is 11.5 Å². The van der Waals surface area contributed by atoms with Crippen molar-refractivity contribution < 1.29 is 9.59 Å². The van der Waals surface area contributed by atoms with Gasteiger partial charge in [-0.25, -0.2) is 0 Å². The zero-order valence-corrected chi connectivity index (χ0v) is 6.26. The van der Waals surface area contributed by atoms with E-state index in [-0.39, 0.29) is 0 Å². The molecule has 0 bridgehead atoms. The fraction of sp³-hybridized carbons (Fsp3) is 0.429. The number of amides is 2. The quantitative estimate of drug-likeness (QED) is 0.499. The number of primary amides is 2. The molecule has 0 fully saturated rings. The van der Waals surface area contributed by atoms with Crippen LogP contribution in [0.25, 0.3) is 0 Å². The van der Waals surface area contributed by atoms with E-state index < -0.39 is 17.7 Å².